The second-order valence-corrected chi connectivity index (χ2v) is 8.64. The van der Waals surface area contributed by atoms with Crippen LogP contribution in [0.15, 0.2) is 12.7 Å². The molecule has 0 saturated carbocycles. The van der Waals surface area contributed by atoms with Crippen molar-refractivity contribution >= 4 is 41.8 Å². The average molecular weight is 463 g/mol. The first-order valence-electron chi connectivity index (χ1n) is 9.56. The molecule has 0 bridgehead atoms. The van der Waals surface area contributed by atoms with Crippen LogP contribution in [0.25, 0.3) is 11.2 Å². The van der Waals surface area contributed by atoms with Crippen LogP contribution in [0.4, 0.5) is 5.82 Å². The average Bonchev–Trinajstić information content (AvgIpc) is 3.12. The van der Waals surface area contributed by atoms with Gasteiger partial charge in [-0.25, -0.2) is 15.0 Å². The number of nitrogen functional groups attached to an aromatic ring is 1. The van der Waals surface area contributed by atoms with E-state index in [0.717, 1.165) is 12.8 Å². The maximum atomic E-state index is 10.6. The van der Waals surface area contributed by atoms with Gasteiger partial charge in [0.1, 0.15) is 18.2 Å². The summed E-state index contributed by atoms with van der Waals surface area (Å²) in [6, 6.07) is -0.0865. The number of nitrogens with zero attached hydrogens (tertiary/aromatic N) is 4. The summed E-state index contributed by atoms with van der Waals surface area (Å²) < 4.78 is 22.4. The van der Waals surface area contributed by atoms with Crippen molar-refractivity contribution in [3.8, 4) is 0 Å². The van der Waals surface area contributed by atoms with Gasteiger partial charge >= 0.3 is 7.60 Å². The van der Waals surface area contributed by atoms with Crippen LogP contribution in [0.2, 0.25) is 0 Å². The highest BCUT2D eigenvalue weighted by Crippen LogP contribution is 2.33. The molecule has 11 nitrogen and oxygen atoms in total. The van der Waals surface area contributed by atoms with Crippen LogP contribution in [0, 0.1) is 5.92 Å². The van der Waals surface area contributed by atoms with Crippen molar-refractivity contribution in [3.63, 3.8) is 0 Å². The van der Waals surface area contributed by atoms with Crippen molar-refractivity contribution in [2.75, 3.05) is 25.3 Å². The number of anilines is 1. The molecule has 2 aromatic rings. The minimum atomic E-state index is -4.12. The van der Waals surface area contributed by atoms with Crippen molar-refractivity contribution in [1.82, 2.24) is 19.5 Å². The second kappa shape index (κ2) is 12.9. The molecule has 0 saturated heterocycles. The summed E-state index contributed by atoms with van der Waals surface area (Å²) in [6.45, 7) is 7.44. The SMILES string of the molecule is CCCOC(=S)C(N)C(C)CC.Nc1ncnc2c1ncn2CCOCP(=O)(O)O. The molecule has 0 amide bonds. The topological polar surface area (TPSA) is 172 Å². The summed E-state index contributed by atoms with van der Waals surface area (Å²) in [4.78, 5) is 29.1. The van der Waals surface area contributed by atoms with Crippen molar-refractivity contribution in [3.05, 3.63) is 12.7 Å². The number of hydrogen-bond acceptors (Lipinski definition) is 9. The molecule has 2 atom stereocenters. The van der Waals surface area contributed by atoms with Gasteiger partial charge in [0.25, 0.3) is 0 Å². The van der Waals surface area contributed by atoms with Crippen molar-refractivity contribution in [1.29, 1.82) is 0 Å². The maximum absolute atomic E-state index is 10.6. The number of fused-ring (bicyclic) bond motifs is 1. The molecule has 0 aromatic carbocycles. The predicted octanol–water partition coefficient (Wildman–Crippen LogP) is 1.67. The van der Waals surface area contributed by atoms with Gasteiger partial charge in [0.2, 0.25) is 0 Å². The van der Waals surface area contributed by atoms with Gasteiger partial charge in [-0.15, -0.1) is 0 Å². The van der Waals surface area contributed by atoms with Crippen LogP contribution in [-0.2, 0) is 20.6 Å². The van der Waals surface area contributed by atoms with Gasteiger partial charge in [0.15, 0.2) is 16.5 Å². The molecule has 0 fully saturated rings. The fourth-order valence-corrected chi connectivity index (χ4v) is 2.88. The van der Waals surface area contributed by atoms with Gasteiger partial charge in [-0.3, -0.25) is 4.57 Å². The molecule has 2 unspecified atom stereocenters. The number of thiocarbonyl (C=S) groups is 1. The zero-order chi connectivity index (χ0) is 22.7. The number of nitrogens with two attached hydrogens (primary N) is 2. The zero-order valence-corrected chi connectivity index (χ0v) is 19.2. The lowest BCUT2D eigenvalue weighted by Crippen LogP contribution is -2.36. The highest BCUT2D eigenvalue weighted by atomic mass is 32.1. The molecule has 6 N–H and O–H groups in total. The van der Waals surface area contributed by atoms with Crippen LogP contribution >= 0.6 is 19.8 Å². The van der Waals surface area contributed by atoms with E-state index in [1.54, 1.807) is 4.57 Å². The lowest BCUT2D eigenvalue weighted by molar-refractivity contribution is 0.149. The Balaban J connectivity index is 0.000000329. The van der Waals surface area contributed by atoms with E-state index in [1.807, 2.05) is 0 Å². The molecule has 2 aromatic heterocycles. The van der Waals surface area contributed by atoms with Crippen molar-refractivity contribution < 1.29 is 23.8 Å². The summed E-state index contributed by atoms with van der Waals surface area (Å²) in [5, 5.41) is 0.561. The van der Waals surface area contributed by atoms with Gasteiger partial charge in [0.05, 0.1) is 25.6 Å². The lowest BCUT2D eigenvalue weighted by atomic mass is 10.0. The highest BCUT2D eigenvalue weighted by Gasteiger charge is 2.16. The molecule has 0 radical (unpaired) electrons. The standard InChI is InChI=1S/C9H19NOS.C8H12N5O4P/c1-4-6-11-9(12)8(10)7(3)5-2;9-7-6-8(11-3-10-7)13(4-12-6)1-2-17-5-18(14,15)16/h7-8H,4-6,10H2,1-3H3;3-4H,1-2,5H2,(H2,9,10,11)(H2,14,15,16). The van der Waals surface area contributed by atoms with Gasteiger partial charge in [-0.1, -0.05) is 27.2 Å². The minimum absolute atomic E-state index is 0.0865. The molecule has 0 aliphatic rings. The van der Waals surface area contributed by atoms with Crippen LogP contribution in [0.3, 0.4) is 0 Å². The fourth-order valence-electron chi connectivity index (χ4n) is 2.19. The van der Waals surface area contributed by atoms with E-state index in [0.29, 0.717) is 35.3 Å². The number of aromatic nitrogens is 4. The first kappa shape index (κ1) is 26.3. The van der Waals surface area contributed by atoms with Gasteiger partial charge in [-0.2, -0.15) is 0 Å². The Morgan fingerprint density at radius 1 is 1.30 bits per heavy atom. The van der Waals surface area contributed by atoms with E-state index >= 15 is 0 Å². The summed E-state index contributed by atoms with van der Waals surface area (Å²) in [6.07, 6.45) is 4.27. The molecule has 0 spiro atoms. The van der Waals surface area contributed by atoms with E-state index in [2.05, 4.69) is 35.7 Å². The van der Waals surface area contributed by atoms with Gasteiger partial charge in [-0.05, 0) is 24.6 Å². The Hall–Kier alpha value is -1.69. The summed E-state index contributed by atoms with van der Waals surface area (Å²) in [7, 11) is -4.12. The molecule has 30 heavy (non-hydrogen) atoms. The van der Waals surface area contributed by atoms with Crippen LogP contribution in [0.5, 0.6) is 0 Å². The molecule has 2 rings (SSSR count). The summed E-state index contributed by atoms with van der Waals surface area (Å²) in [5.74, 6) is 0.698. The van der Waals surface area contributed by atoms with E-state index in [-0.39, 0.29) is 18.5 Å². The lowest BCUT2D eigenvalue weighted by Gasteiger charge is -2.19. The monoisotopic (exact) mass is 462 g/mol. The Bertz CT molecular complexity index is 845. The molecule has 2 heterocycles. The van der Waals surface area contributed by atoms with Gasteiger partial charge < -0.3 is 35.3 Å². The fraction of sp³-hybridized carbons (Fsp3) is 0.647. The Morgan fingerprint density at radius 2 is 2.00 bits per heavy atom. The number of imidazole rings is 1. The molecule has 0 aliphatic carbocycles. The third kappa shape index (κ3) is 8.99. The first-order chi connectivity index (χ1) is 14.1. The molecule has 170 valence electrons. The van der Waals surface area contributed by atoms with E-state index in [1.165, 1.54) is 12.7 Å². The Kier molecular flexibility index (Phi) is 11.3. The van der Waals surface area contributed by atoms with Crippen molar-refractivity contribution in [2.24, 2.45) is 11.7 Å². The van der Waals surface area contributed by atoms with Crippen LogP contribution in [-0.4, -0.2) is 60.0 Å². The van der Waals surface area contributed by atoms with Crippen LogP contribution < -0.4 is 11.5 Å². The molecule has 0 aliphatic heterocycles. The second-order valence-electron chi connectivity index (χ2n) is 6.65. The Morgan fingerprint density at radius 3 is 2.60 bits per heavy atom. The predicted molar refractivity (Wildman–Crippen MR) is 119 cm³/mol. The summed E-state index contributed by atoms with van der Waals surface area (Å²) in [5.41, 5.74) is 12.5. The molecular weight excluding hydrogens is 431 g/mol. The van der Waals surface area contributed by atoms with Crippen molar-refractivity contribution in [2.45, 2.75) is 46.2 Å². The smallest absolute Gasteiger partial charge is 0.350 e. The zero-order valence-electron chi connectivity index (χ0n) is 17.5. The first-order valence-corrected chi connectivity index (χ1v) is 11.8. The largest absolute Gasteiger partial charge is 0.485 e. The van der Waals surface area contributed by atoms with E-state index in [4.69, 9.17) is 42.9 Å². The maximum Gasteiger partial charge on any atom is 0.350 e. The van der Waals surface area contributed by atoms with E-state index in [9.17, 15) is 4.57 Å². The number of rotatable bonds is 10. The third-order valence-electron chi connectivity index (χ3n) is 4.14. The number of hydrogen-bond donors (Lipinski definition) is 4. The van der Waals surface area contributed by atoms with Crippen LogP contribution in [0.1, 0.15) is 33.6 Å². The molecular formula is C17H31N6O5PS. The molecule has 13 heteroatoms. The Labute approximate surface area is 181 Å². The summed E-state index contributed by atoms with van der Waals surface area (Å²) >= 11 is 5.04. The normalized spacial score (nSPS) is 13.4. The van der Waals surface area contributed by atoms with E-state index < -0.39 is 13.9 Å². The minimum Gasteiger partial charge on any atom is -0.485 e. The quantitative estimate of drug-likeness (QED) is 0.230. The third-order valence-corrected chi connectivity index (χ3v) is 5.05. The highest BCUT2D eigenvalue weighted by molar-refractivity contribution is 7.80. The van der Waals surface area contributed by atoms with Gasteiger partial charge in [0, 0.05) is 6.54 Å². The number of ether oxygens (including phenoxy) is 2.